The lowest BCUT2D eigenvalue weighted by Gasteiger charge is -2.39. The number of Topliss-reactive ketones (excluding diaryl/α,β-unsaturated/α-hetero) is 1. The van der Waals surface area contributed by atoms with Crippen molar-refractivity contribution in [1.82, 2.24) is 0 Å². The Morgan fingerprint density at radius 2 is 1.93 bits per heavy atom. The molecule has 0 aromatic carbocycles. The van der Waals surface area contributed by atoms with Crippen LogP contribution in [0.2, 0.25) is 0 Å². The lowest BCUT2D eigenvalue weighted by Crippen LogP contribution is -2.49. The molecule has 15 heavy (non-hydrogen) atoms. The minimum absolute atomic E-state index is 0.00623. The van der Waals surface area contributed by atoms with E-state index in [-0.39, 0.29) is 5.41 Å². The molecule has 0 aliphatic heterocycles. The molecule has 1 rings (SSSR count). The molecular formula is C13H24O2. The molecule has 0 amide bonds. The van der Waals surface area contributed by atoms with Gasteiger partial charge in [0.05, 0.1) is 0 Å². The quantitative estimate of drug-likeness (QED) is 0.715. The largest absolute Gasteiger partial charge is 0.370 e. The number of carbonyl (C=O) groups is 1. The average Bonchev–Trinajstić information content (AvgIpc) is 2.40. The summed E-state index contributed by atoms with van der Waals surface area (Å²) in [5, 5.41) is 0. The van der Waals surface area contributed by atoms with Gasteiger partial charge in [-0.25, -0.2) is 0 Å². The van der Waals surface area contributed by atoms with Crippen LogP contribution in [0.1, 0.15) is 53.4 Å². The van der Waals surface area contributed by atoms with Gasteiger partial charge in [-0.1, -0.05) is 27.7 Å². The zero-order valence-electron chi connectivity index (χ0n) is 10.7. The van der Waals surface area contributed by atoms with Crippen LogP contribution in [0.25, 0.3) is 0 Å². The number of rotatable bonds is 4. The highest BCUT2D eigenvalue weighted by atomic mass is 16.5. The second kappa shape index (κ2) is 4.25. The van der Waals surface area contributed by atoms with Crippen LogP contribution in [0.4, 0.5) is 0 Å². The molecule has 1 fully saturated rings. The van der Waals surface area contributed by atoms with Crippen molar-refractivity contribution in [3.8, 4) is 0 Å². The molecule has 1 saturated carbocycles. The van der Waals surface area contributed by atoms with Gasteiger partial charge in [0.25, 0.3) is 0 Å². The molecule has 0 saturated heterocycles. The van der Waals surface area contributed by atoms with Crippen molar-refractivity contribution in [3.63, 3.8) is 0 Å². The SMILES string of the molecule is COC1(C(=O)CC(C)C)CCCC1(C)C. The first-order valence-electron chi connectivity index (χ1n) is 5.94. The van der Waals surface area contributed by atoms with Crippen LogP contribution in [0, 0.1) is 11.3 Å². The van der Waals surface area contributed by atoms with E-state index in [4.69, 9.17) is 4.74 Å². The van der Waals surface area contributed by atoms with Crippen LogP contribution < -0.4 is 0 Å². The standard InChI is InChI=1S/C13H24O2/c1-10(2)9-11(14)13(15-5)8-6-7-12(13,3)4/h10H,6-9H2,1-5H3. The van der Waals surface area contributed by atoms with Gasteiger partial charge in [0.15, 0.2) is 5.78 Å². The summed E-state index contributed by atoms with van der Waals surface area (Å²) >= 11 is 0. The number of hydrogen-bond acceptors (Lipinski definition) is 2. The first-order valence-corrected chi connectivity index (χ1v) is 5.94. The Bertz CT molecular complexity index is 243. The van der Waals surface area contributed by atoms with E-state index in [0.717, 1.165) is 19.3 Å². The number of carbonyl (C=O) groups excluding carboxylic acids is 1. The van der Waals surface area contributed by atoms with E-state index in [0.29, 0.717) is 18.1 Å². The molecule has 2 nitrogen and oxygen atoms in total. The predicted molar refractivity (Wildman–Crippen MR) is 61.8 cm³/mol. The van der Waals surface area contributed by atoms with Crippen molar-refractivity contribution >= 4 is 5.78 Å². The van der Waals surface area contributed by atoms with Gasteiger partial charge in [-0.2, -0.15) is 0 Å². The summed E-state index contributed by atoms with van der Waals surface area (Å²) in [6, 6.07) is 0. The monoisotopic (exact) mass is 212 g/mol. The smallest absolute Gasteiger partial charge is 0.165 e. The van der Waals surface area contributed by atoms with Gasteiger partial charge in [0.2, 0.25) is 0 Å². The van der Waals surface area contributed by atoms with Crippen molar-refractivity contribution in [2.24, 2.45) is 11.3 Å². The van der Waals surface area contributed by atoms with Gasteiger partial charge in [-0.15, -0.1) is 0 Å². The molecule has 0 N–H and O–H groups in total. The van der Waals surface area contributed by atoms with Crippen LogP contribution in [0.3, 0.4) is 0 Å². The van der Waals surface area contributed by atoms with Gasteiger partial charge in [-0.3, -0.25) is 4.79 Å². The Hall–Kier alpha value is -0.370. The molecule has 88 valence electrons. The Morgan fingerprint density at radius 3 is 2.27 bits per heavy atom. The third-order valence-corrected chi connectivity index (χ3v) is 3.82. The second-order valence-corrected chi connectivity index (χ2v) is 5.79. The van der Waals surface area contributed by atoms with E-state index >= 15 is 0 Å². The fraction of sp³-hybridized carbons (Fsp3) is 0.923. The van der Waals surface area contributed by atoms with Gasteiger partial charge in [0.1, 0.15) is 5.60 Å². The number of methoxy groups -OCH3 is 1. The molecule has 0 radical (unpaired) electrons. The highest BCUT2D eigenvalue weighted by molar-refractivity contribution is 5.88. The van der Waals surface area contributed by atoms with Gasteiger partial charge >= 0.3 is 0 Å². The van der Waals surface area contributed by atoms with Crippen molar-refractivity contribution in [1.29, 1.82) is 0 Å². The lowest BCUT2D eigenvalue weighted by atomic mass is 9.73. The fourth-order valence-corrected chi connectivity index (χ4v) is 2.86. The predicted octanol–water partition coefficient (Wildman–Crippen LogP) is 3.20. The van der Waals surface area contributed by atoms with Gasteiger partial charge < -0.3 is 4.74 Å². The summed E-state index contributed by atoms with van der Waals surface area (Å²) in [7, 11) is 1.69. The zero-order valence-corrected chi connectivity index (χ0v) is 10.7. The van der Waals surface area contributed by atoms with Crippen LogP contribution in [0.15, 0.2) is 0 Å². The van der Waals surface area contributed by atoms with E-state index in [1.807, 2.05) is 0 Å². The molecule has 2 heteroatoms. The maximum atomic E-state index is 12.3. The summed E-state index contributed by atoms with van der Waals surface area (Å²) in [5.41, 5.74) is -0.523. The number of hydrogen-bond donors (Lipinski definition) is 0. The summed E-state index contributed by atoms with van der Waals surface area (Å²) in [6.45, 7) is 8.48. The highest BCUT2D eigenvalue weighted by Crippen LogP contribution is 2.49. The van der Waals surface area contributed by atoms with Crippen LogP contribution >= 0.6 is 0 Å². The number of ketones is 1. The normalized spacial score (nSPS) is 29.7. The maximum Gasteiger partial charge on any atom is 0.165 e. The molecule has 0 aromatic heterocycles. The maximum absolute atomic E-state index is 12.3. The van der Waals surface area contributed by atoms with Crippen LogP contribution in [0.5, 0.6) is 0 Å². The molecule has 1 aliphatic rings. The molecule has 0 bridgehead atoms. The fourth-order valence-electron chi connectivity index (χ4n) is 2.86. The van der Waals surface area contributed by atoms with Crippen LogP contribution in [-0.2, 0) is 9.53 Å². The average molecular weight is 212 g/mol. The van der Waals surface area contributed by atoms with Crippen molar-refractivity contribution in [2.45, 2.75) is 59.0 Å². The van der Waals surface area contributed by atoms with Crippen molar-refractivity contribution in [2.75, 3.05) is 7.11 Å². The van der Waals surface area contributed by atoms with E-state index in [2.05, 4.69) is 27.7 Å². The van der Waals surface area contributed by atoms with Gasteiger partial charge in [0, 0.05) is 18.9 Å². The molecule has 0 aromatic rings. The summed E-state index contributed by atoms with van der Waals surface area (Å²) in [5.74, 6) is 0.712. The summed E-state index contributed by atoms with van der Waals surface area (Å²) in [4.78, 5) is 12.3. The van der Waals surface area contributed by atoms with Crippen molar-refractivity contribution < 1.29 is 9.53 Å². The van der Waals surface area contributed by atoms with E-state index in [1.54, 1.807) is 7.11 Å². The Labute approximate surface area is 93.4 Å². The Kier molecular flexibility index (Phi) is 3.59. The van der Waals surface area contributed by atoms with Crippen molar-refractivity contribution in [3.05, 3.63) is 0 Å². The Morgan fingerprint density at radius 1 is 1.33 bits per heavy atom. The molecule has 0 heterocycles. The highest BCUT2D eigenvalue weighted by Gasteiger charge is 2.53. The minimum Gasteiger partial charge on any atom is -0.370 e. The first-order chi connectivity index (χ1) is 6.85. The second-order valence-electron chi connectivity index (χ2n) is 5.79. The summed E-state index contributed by atoms with van der Waals surface area (Å²) < 4.78 is 5.63. The van der Waals surface area contributed by atoms with Gasteiger partial charge in [-0.05, 0) is 25.2 Å². The lowest BCUT2D eigenvalue weighted by molar-refractivity contribution is -0.153. The molecule has 1 atom stereocenters. The number of ether oxygens (including phenoxy) is 1. The molecule has 0 spiro atoms. The van der Waals surface area contributed by atoms with E-state index in [9.17, 15) is 4.79 Å². The third-order valence-electron chi connectivity index (χ3n) is 3.82. The molecular weight excluding hydrogens is 188 g/mol. The molecule has 1 unspecified atom stereocenters. The minimum atomic E-state index is -0.517. The first kappa shape index (κ1) is 12.7. The van der Waals surface area contributed by atoms with E-state index in [1.165, 1.54) is 0 Å². The topological polar surface area (TPSA) is 26.3 Å². The Balaban J connectivity index is 2.90. The molecule has 1 aliphatic carbocycles. The van der Waals surface area contributed by atoms with Crippen LogP contribution in [-0.4, -0.2) is 18.5 Å². The zero-order chi connectivity index (χ0) is 11.7. The summed E-state index contributed by atoms with van der Waals surface area (Å²) in [6.07, 6.45) is 3.72. The van der Waals surface area contributed by atoms with E-state index < -0.39 is 5.60 Å². The third kappa shape index (κ3) is 2.10.